The minimum atomic E-state index is -3.75. The fourth-order valence-electron chi connectivity index (χ4n) is 2.78. The summed E-state index contributed by atoms with van der Waals surface area (Å²) in [7, 11) is -3.75. The van der Waals surface area contributed by atoms with Crippen molar-refractivity contribution in [2.24, 2.45) is 0 Å². The van der Waals surface area contributed by atoms with Crippen LogP contribution in [0, 0.1) is 0 Å². The lowest BCUT2D eigenvalue weighted by molar-refractivity contribution is -0.0258. The Balaban J connectivity index is 1.69. The van der Waals surface area contributed by atoms with Crippen LogP contribution < -0.4 is 0 Å². The van der Waals surface area contributed by atoms with E-state index in [-0.39, 0.29) is 24.7 Å². The van der Waals surface area contributed by atoms with Gasteiger partial charge in [-0.15, -0.1) is 0 Å². The second-order valence-electron chi connectivity index (χ2n) is 7.82. The third kappa shape index (κ3) is 23.4. The Morgan fingerprint density at radius 2 is 0.700 bits per heavy atom. The van der Waals surface area contributed by atoms with E-state index < -0.39 is 10.1 Å². The molecule has 0 aliphatic rings. The smallest absolute Gasteiger partial charge is 0.297 e. The molecule has 0 saturated carbocycles. The van der Waals surface area contributed by atoms with Gasteiger partial charge in [-0.25, -0.2) is 0 Å². The van der Waals surface area contributed by atoms with Gasteiger partial charge in [0.1, 0.15) is 0 Å². The fourth-order valence-corrected chi connectivity index (χ4v) is 3.70. The van der Waals surface area contributed by atoms with Crippen molar-refractivity contribution in [3.8, 4) is 0 Å². The highest BCUT2D eigenvalue weighted by Crippen LogP contribution is 2.10. The Labute approximate surface area is 237 Å². The Morgan fingerprint density at radius 3 is 1.00 bits per heavy atom. The Bertz CT molecular complexity index is 752. The summed E-state index contributed by atoms with van der Waals surface area (Å²) >= 11 is 0. The van der Waals surface area contributed by atoms with Gasteiger partial charge in [-0.3, -0.25) is 4.18 Å². The molecule has 14 heteroatoms. The molecule has 0 radical (unpaired) electrons. The predicted molar refractivity (Wildman–Crippen MR) is 144 cm³/mol. The molecule has 1 aromatic carbocycles. The van der Waals surface area contributed by atoms with Gasteiger partial charge in [0, 0.05) is 0 Å². The van der Waals surface area contributed by atoms with Crippen LogP contribution in [0.4, 0.5) is 0 Å². The summed E-state index contributed by atoms with van der Waals surface area (Å²) < 4.78 is 76.9. The van der Waals surface area contributed by atoms with Crippen LogP contribution in [-0.4, -0.2) is 146 Å². The van der Waals surface area contributed by atoms with Crippen molar-refractivity contribution in [3.63, 3.8) is 0 Å². The zero-order valence-electron chi connectivity index (χ0n) is 23.3. The fraction of sp³-hybridized carbons (Fsp3) is 0.769. The maximum Gasteiger partial charge on any atom is 0.297 e. The average molecular weight is 599 g/mol. The number of benzene rings is 1. The highest BCUT2D eigenvalue weighted by Gasteiger charge is 2.13. The van der Waals surface area contributed by atoms with E-state index in [1.807, 2.05) is 0 Å². The molecular weight excluding hydrogens is 552 g/mol. The first-order chi connectivity index (χ1) is 19.7. The van der Waals surface area contributed by atoms with E-state index in [9.17, 15) is 8.42 Å². The maximum atomic E-state index is 11.9. The van der Waals surface area contributed by atoms with Crippen molar-refractivity contribution < 1.29 is 60.3 Å². The molecule has 0 unspecified atom stereocenters. The van der Waals surface area contributed by atoms with Crippen molar-refractivity contribution >= 4 is 10.1 Å². The molecule has 1 N–H and O–H groups in total. The minimum Gasteiger partial charge on any atom is -0.394 e. The molecule has 234 valence electrons. The van der Waals surface area contributed by atoms with Crippen LogP contribution in [0.2, 0.25) is 0 Å². The number of ether oxygens (including phenoxy) is 9. The molecule has 1 aromatic rings. The van der Waals surface area contributed by atoms with Gasteiger partial charge in [-0.2, -0.15) is 8.42 Å². The lowest BCUT2D eigenvalue weighted by Crippen LogP contribution is -2.15. The summed E-state index contributed by atoms with van der Waals surface area (Å²) in [5.41, 5.74) is 0. The number of hydrogen-bond donors (Lipinski definition) is 1. The molecule has 0 bridgehead atoms. The topological polar surface area (TPSA) is 147 Å². The van der Waals surface area contributed by atoms with Crippen molar-refractivity contribution in [2.45, 2.75) is 4.90 Å². The van der Waals surface area contributed by atoms with E-state index in [2.05, 4.69) is 0 Å². The summed E-state index contributed by atoms with van der Waals surface area (Å²) in [5.74, 6) is 0. The number of rotatable bonds is 31. The van der Waals surface area contributed by atoms with Crippen LogP contribution in [0.3, 0.4) is 0 Å². The quantitative estimate of drug-likeness (QED) is 0.0937. The number of aliphatic hydroxyl groups excluding tert-OH is 1. The van der Waals surface area contributed by atoms with Gasteiger partial charge in [0.15, 0.2) is 0 Å². The molecule has 0 heterocycles. The van der Waals surface area contributed by atoms with Gasteiger partial charge in [0.2, 0.25) is 0 Å². The molecule has 0 fully saturated rings. The van der Waals surface area contributed by atoms with Crippen LogP contribution in [0.15, 0.2) is 35.2 Å². The maximum absolute atomic E-state index is 11.9. The molecule has 0 spiro atoms. The van der Waals surface area contributed by atoms with Crippen LogP contribution in [0.5, 0.6) is 0 Å². The summed E-state index contributed by atoms with van der Waals surface area (Å²) in [4.78, 5) is 0.120. The van der Waals surface area contributed by atoms with E-state index in [1.54, 1.807) is 18.2 Å². The molecule has 1 rings (SSSR count). The van der Waals surface area contributed by atoms with E-state index in [1.165, 1.54) is 12.1 Å². The summed E-state index contributed by atoms with van der Waals surface area (Å²) in [5, 5.41) is 8.56. The standard InChI is InChI=1S/C26H46O13S/c27-6-7-30-8-9-31-10-11-32-12-13-33-14-15-34-16-17-35-18-19-36-20-21-37-22-23-38-24-25-39-40(28,29)26-4-2-1-3-5-26/h1-5,27H,6-25H2. The molecule has 0 aromatic heterocycles. The zero-order chi connectivity index (χ0) is 28.8. The van der Waals surface area contributed by atoms with Crippen LogP contribution >= 0.6 is 0 Å². The van der Waals surface area contributed by atoms with Crippen molar-refractivity contribution in [1.29, 1.82) is 0 Å². The predicted octanol–water partition coefficient (Wildman–Crippen LogP) is 0.534. The lowest BCUT2D eigenvalue weighted by Gasteiger charge is -2.09. The molecule has 40 heavy (non-hydrogen) atoms. The third-order valence-electron chi connectivity index (χ3n) is 4.71. The van der Waals surface area contributed by atoms with Crippen molar-refractivity contribution in [2.75, 3.05) is 132 Å². The molecule has 0 atom stereocenters. The van der Waals surface area contributed by atoms with Gasteiger partial charge in [0.05, 0.1) is 137 Å². The summed E-state index contributed by atoms with van der Waals surface area (Å²) in [6, 6.07) is 7.97. The zero-order valence-corrected chi connectivity index (χ0v) is 24.1. The molecular formula is C26H46O13S. The highest BCUT2D eigenvalue weighted by molar-refractivity contribution is 7.86. The van der Waals surface area contributed by atoms with Crippen LogP contribution in [0.1, 0.15) is 0 Å². The molecule has 0 saturated heterocycles. The Morgan fingerprint density at radius 1 is 0.425 bits per heavy atom. The van der Waals surface area contributed by atoms with Gasteiger partial charge in [-0.1, -0.05) is 18.2 Å². The van der Waals surface area contributed by atoms with Crippen molar-refractivity contribution in [1.82, 2.24) is 0 Å². The molecule has 0 aliphatic heterocycles. The summed E-state index contributed by atoms with van der Waals surface area (Å²) in [6.45, 7) is 7.75. The van der Waals surface area contributed by atoms with E-state index in [0.717, 1.165) is 0 Å². The minimum absolute atomic E-state index is 0.0181. The lowest BCUT2D eigenvalue weighted by atomic mass is 10.4. The second-order valence-corrected chi connectivity index (χ2v) is 9.44. The first kappa shape index (κ1) is 36.8. The first-order valence-electron chi connectivity index (χ1n) is 13.4. The SMILES string of the molecule is O=S(=O)(OCCOCCOCCOCCOCCOCCOCCOCCOCCOCCO)c1ccccc1. The third-order valence-corrected chi connectivity index (χ3v) is 6.04. The molecule has 0 amide bonds. The number of aliphatic hydroxyl groups is 1. The second kappa shape index (κ2) is 27.9. The summed E-state index contributed by atoms with van der Waals surface area (Å²) in [6.07, 6.45) is 0. The van der Waals surface area contributed by atoms with E-state index in [4.69, 9.17) is 51.9 Å². The van der Waals surface area contributed by atoms with E-state index >= 15 is 0 Å². The van der Waals surface area contributed by atoms with Gasteiger partial charge < -0.3 is 47.7 Å². The van der Waals surface area contributed by atoms with Gasteiger partial charge in [0.25, 0.3) is 10.1 Å². The Kier molecular flexibility index (Phi) is 25.6. The first-order valence-corrected chi connectivity index (χ1v) is 14.8. The molecule has 13 nitrogen and oxygen atoms in total. The molecule has 0 aliphatic carbocycles. The Hall–Kier alpha value is -1.27. The van der Waals surface area contributed by atoms with Crippen LogP contribution in [-0.2, 0) is 56.9 Å². The van der Waals surface area contributed by atoms with Crippen molar-refractivity contribution in [3.05, 3.63) is 30.3 Å². The number of hydrogen-bond acceptors (Lipinski definition) is 13. The van der Waals surface area contributed by atoms with Gasteiger partial charge >= 0.3 is 0 Å². The van der Waals surface area contributed by atoms with Gasteiger partial charge in [-0.05, 0) is 12.1 Å². The highest BCUT2D eigenvalue weighted by atomic mass is 32.2. The van der Waals surface area contributed by atoms with Crippen LogP contribution in [0.25, 0.3) is 0 Å². The normalized spacial score (nSPS) is 11.8. The van der Waals surface area contributed by atoms with E-state index in [0.29, 0.717) is 112 Å². The average Bonchev–Trinajstić information content (AvgIpc) is 2.97. The monoisotopic (exact) mass is 598 g/mol. The largest absolute Gasteiger partial charge is 0.394 e.